The third-order valence-corrected chi connectivity index (χ3v) is 21.4. The molecule has 14 saturated heterocycles. The quantitative estimate of drug-likeness (QED) is 0.0700. The highest BCUT2D eigenvalue weighted by Crippen LogP contribution is 2.47. The highest BCUT2D eigenvalue weighted by Gasteiger charge is 2.74. The lowest BCUT2D eigenvalue weighted by molar-refractivity contribution is -0.213. The van der Waals surface area contributed by atoms with Crippen molar-refractivity contribution in [3.05, 3.63) is 71.8 Å². The summed E-state index contributed by atoms with van der Waals surface area (Å²) in [7, 11) is 1.37. The van der Waals surface area contributed by atoms with Gasteiger partial charge in [-0.15, -0.1) is 0 Å². The smallest absolute Gasteiger partial charge is 0.339 e. The number of aliphatic hydroxyl groups excluding tert-OH is 6. The van der Waals surface area contributed by atoms with E-state index in [2.05, 4.69) is 46.7 Å². The Morgan fingerprint density at radius 3 is 1.37 bits per heavy atom. The molecule has 7 amide bonds. The van der Waals surface area contributed by atoms with Crippen LogP contribution in [0.25, 0.3) is 0 Å². The molecule has 17 rings (SSSR count). The number of aliphatic hydroxyl groups is 6. The van der Waals surface area contributed by atoms with E-state index >= 15 is 0 Å². The fourth-order valence-electron chi connectivity index (χ4n) is 15.5. The van der Waals surface area contributed by atoms with Crippen LogP contribution < -0.4 is 37.2 Å². The van der Waals surface area contributed by atoms with E-state index in [4.69, 9.17) is 33.5 Å². The van der Waals surface area contributed by atoms with Gasteiger partial charge in [0.1, 0.15) is 42.7 Å². The monoisotopic (exact) mass is 1450 g/mol. The molecule has 0 unspecified atom stereocenters. The van der Waals surface area contributed by atoms with Gasteiger partial charge in [0.25, 0.3) is 5.91 Å². The minimum absolute atomic E-state index is 0.0872. The molecular weight excluding hydrogens is 1360 g/mol. The second kappa shape index (κ2) is 28.1. The molecule has 0 radical (unpaired) electrons. The van der Waals surface area contributed by atoms with Crippen molar-refractivity contribution < 1.29 is 136 Å². The Labute approximate surface area is 587 Å². The average Bonchev–Trinajstić information content (AvgIpc) is 1.61. The molecule has 1 saturated carbocycles. The van der Waals surface area contributed by atoms with Crippen LogP contribution in [0.2, 0.25) is 0 Å². The van der Waals surface area contributed by atoms with Crippen LogP contribution in [0, 0.1) is 17.3 Å². The maximum atomic E-state index is 11.7. The van der Waals surface area contributed by atoms with Crippen LogP contribution in [0.3, 0.4) is 0 Å². The molecule has 35 heteroatoms. The van der Waals surface area contributed by atoms with Crippen molar-refractivity contribution in [1.82, 2.24) is 37.2 Å². The van der Waals surface area contributed by atoms with Crippen LogP contribution in [0.4, 0.5) is 0 Å². The molecule has 20 atom stereocenters. The van der Waals surface area contributed by atoms with Gasteiger partial charge in [0, 0.05) is 13.5 Å². The van der Waals surface area contributed by atoms with E-state index in [0.717, 1.165) is 31.2 Å². The largest absolute Gasteiger partial charge is 0.457 e. The summed E-state index contributed by atoms with van der Waals surface area (Å²) in [4.78, 5) is 157. The zero-order chi connectivity index (χ0) is 74.8. The SMILES string of the molecule is CC(C)(C)[C@H](O)[C@@]12NC(=O)C[C@@H]1OC2=O.CO[C@H]1C(=O)N[C@@]2([C@@H](O)C(C)C)C(=O)O[C@@H]12.O=C1C[C@@H]2OC(=O)[C@@H]2N1.O=C1C[C@@H]2OC(=O)[C@]2(CO)N1.O=C1C[C@@H]2OC(=O)[C@]2([C@@H](O)C2CCCCC2)N1.O=C1C[C@@H]2OC(=O)[C@]2([C@@H](O)Cc2ccccc2)N1.O=C1C[C@@H]2OC(=O)[C@]2([C@@H](O)c2ccccc2)N1. The van der Waals surface area contributed by atoms with Gasteiger partial charge in [0.05, 0.1) is 69.5 Å². The number of hydrogen-bond acceptors (Lipinski definition) is 28. The predicted octanol–water partition coefficient (Wildman–Crippen LogP) is -4.86. The molecule has 15 fully saturated rings. The predicted molar refractivity (Wildman–Crippen MR) is 338 cm³/mol. The van der Waals surface area contributed by atoms with Crippen LogP contribution >= 0.6 is 0 Å². The van der Waals surface area contributed by atoms with E-state index in [9.17, 15) is 92.7 Å². The molecule has 2 aromatic carbocycles. The summed E-state index contributed by atoms with van der Waals surface area (Å²) in [5.41, 5.74) is -6.21. The Morgan fingerprint density at radius 2 is 0.961 bits per heavy atom. The van der Waals surface area contributed by atoms with Crippen molar-refractivity contribution in [2.45, 2.75) is 230 Å². The van der Waals surface area contributed by atoms with Gasteiger partial charge in [-0.3, -0.25) is 33.6 Å². The number of esters is 7. The molecule has 1 aliphatic carbocycles. The second-order valence-corrected chi connectivity index (χ2v) is 29.2. The molecule has 14 aliphatic heterocycles. The second-order valence-electron chi connectivity index (χ2n) is 29.2. The van der Waals surface area contributed by atoms with Crippen molar-refractivity contribution in [3.8, 4) is 0 Å². The maximum absolute atomic E-state index is 11.7. The third-order valence-electron chi connectivity index (χ3n) is 21.4. The first kappa shape index (κ1) is 74.9. The van der Waals surface area contributed by atoms with Gasteiger partial charge in [0.2, 0.25) is 63.1 Å². The molecule has 15 aliphatic rings. The van der Waals surface area contributed by atoms with E-state index in [-0.39, 0.29) is 104 Å². The summed E-state index contributed by atoms with van der Waals surface area (Å²) < 4.78 is 38.8. The van der Waals surface area contributed by atoms with Crippen molar-refractivity contribution in [3.63, 3.8) is 0 Å². The molecule has 0 aromatic heterocycles. The number of ether oxygens (including phenoxy) is 8. The highest BCUT2D eigenvalue weighted by molar-refractivity contribution is 6.03. The number of nitrogens with one attached hydrogen (secondary N) is 7. The van der Waals surface area contributed by atoms with Gasteiger partial charge in [0.15, 0.2) is 23.8 Å². The van der Waals surface area contributed by atoms with E-state index in [1.165, 1.54) is 13.5 Å². The normalized spacial score (nSPS) is 36.2. The molecule has 14 heterocycles. The molecule has 0 spiro atoms. The number of hydrogen-bond donors (Lipinski definition) is 13. The van der Waals surface area contributed by atoms with E-state index in [1.54, 1.807) is 38.1 Å². The molecule has 0 bridgehead atoms. The highest BCUT2D eigenvalue weighted by atomic mass is 16.6. The summed E-state index contributed by atoms with van der Waals surface area (Å²) in [5.74, 6) is -5.28. The van der Waals surface area contributed by atoms with Crippen molar-refractivity contribution in [1.29, 1.82) is 0 Å². The number of carbonyl (C=O) groups excluding carboxylic acids is 14. The molecule has 103 heavy (non-hydrogen) atoms. The zero-order valence-electron chi connectivity index (χ0n) is 56.9. The van der Waals surface area contributed by atoms with Crippen LogP contribution in [0.5, 0.6) is 0 Å². The van der Waals surface area contributed by atoms with Crippen LogP contribution in [-0.4, -0.2) is 240 Å². The topological polar surface area (TPSA) is 518 Å². The maximum Gasteiger partial charge on any atom is 0.339 e. The number of rotatable bonds is 12. The van der Waals surface area contributed by atoms with E-state index < -0.39 is 154 Å². The van der Waals surface area contributed by atoms with Crippen LogP contribution in [-0.2, 0) is 111 Å². The van der Waals surface area contributed by atoms with Gasteiger partial charge in [-0.25, -0.2) is 33.6 Å². The minimum Gasteiger partial charge on any atom is -0.457 e. The standard InChI is InChI=1S/C13H13NO4.C12H17NO4.C12H11NO4.C10H15NO5.C10H15NO4.C6H7NO4.C5H5NO3/c15-9(6-8-4-2-1-3-5-8)13-10(18-12(13)17)7-11(16)14-13;2*14-9-6-8-12(13-9,11(16)17-8)10(15)7-4-2-1-3-5-7;1-4(2)6(12)10-7(16-9(10)14)5(15-3)8(13)11-10;1-9(2,3)7(13)10-5(15-8(10)14)4-6(12)11-10;8-2-6-3(11-5(6)10)1-4(9)7-6;7-3-1-2-4(6-3)5(8)9-2/h1-5,9-10,15H,6-7H2,(H,14,16);7-8,10,15H,1-6H2,(H,13,14);1-5,8,10,15H,6H2,(H,13,14);4-7,12H,1-3H3,(H,11,13);5,7,13H,4H2,1-3H3,(H,11,12);3,8H,1-2H2,(H,7,9);2,4H,1H2,(H,6,7)/t9-,10-,13+;2*8-,10-,12-;5-,6+,7+,10-;5-,7-,10-;3-,6+;2-,4+/m0001000/s1. The summed E-state index contributed by atoms with van der Waals surface area (Å²) in [6.07, 6.45) is -2.29. The van der Waals surface area contributed by atoms with E-state index in [1.807, 2.05) is 57.2 Å². The lowest BCUT2D eigenvalue weighted by atomic mass is 9.72. The summed E-state index contributed by atoms with van der Waals surface area (Å²) in [5, 5.41) is 77.7. The lowest BCUT2D eigenvalue weighted by Gasteiger charge is -2.48. The first-order valence-corrected chi connectivity index (χ1v) is 33.9. The number of carbonyl (C=O) groups is 14. The van der Waals surface area contributed by atoms with Gasteiger partial charge >= 0.3 is 41.8 Å². The van der Waals surface area contributed by atoms with Gasteiger partial charge in [-0.2, -0.15) is 0 Å². The van der Waals surface area contributed by atoms with Crippen molar-refractivity contribution in [2.75, 3.05) is 13.7 Å². The third kappa shape index (κ3) is 12.6. The number of fused-ring (bicyclic) bond motifs is 7. The molecule has 2 aromatic rings. The molecular formula is C68H83N7O28. The molecule has 35 nitrogen and oxygen atoms in total. The lowest BCUT2D eigenvalue weighted by Crippen LogP contribution is -2.74. The van der Waals surface area contributed by atoms with Crippen LogP contribution in [0.15, 0.2) is 60.7 Å². The number of methoxy groups -OCH3 is 1. The Kier molecular flexibility index (Phi) is 20.4. The Balaban J connectivity index is 0.000000122. The van der Waals surface area contributed by atoms with Crippen molar-refractivity contribution >= 4 is 83.1 Å². The Morgan fingerprint density at radius 1 is 0.505 bits per heavy atom. The molecule has 558 valence electrons. The molecule has 13 N–H and O–H groups in total. The van der Waals surface area contributed by atoms with Gasteiger partial charge in [-0.05, 0) is 41.2 Å². The first-order chi connectivity index (χ1) is 48.6. The average molecular weight is 1450 g/mol. The zero-order valence-corrected chi connectivity index (χ0v) is 56.9. The van der Waals surface area contributed by atoms with Crippen molar-refractivity contribution in [2.24, 2.45) is 17.3 Å². The first-order valence-electron chi connectivity index (χ1n) is 33.9. The van der Waals surface area contributed by atoms with E-state index in [0.29, 0.717) is 18.4 Å². The summed E-state index contributed by atoms with van der Waals surface area (Å²) >= 11 is 0. The number of benzene rings is 2. The summed E-state index contributed by atoms with van der Waals surface area (Å²) in [6.45, 7) is 8.63. The van der Waals surface area contributed by atoms with Gasteiger partial charge < -0.3 is 106 Å². The summed E-state index contributed by atoms with van der Waals surface area (Å²) in [6, 6.07) is 17.8. The minimum atomic E-state index is -1.31. The Bertz CT molecular complexity index is 3770. The number of amides is 7. The Hall–Kier alpha value is -9.26. The fraction of sp³-hybridized carbons (Fsp3) is 0.618. The van der Waals surface area contributed by atoms with Gasteiger partial charge in [-0.1, -0.05) is 115 Å². The van der Waals surface area contributed by atoms with Crippen LogP contribution in [0.1, 0.15) is 122 Å². The fourth-order valence-corrected chi connectivity index (χ4v) is 15.5.